The Morgan fingerprint density at radius 2 is 1.82 bits per heavy atom. The molecule has 2 N–H and O–H groups in total. The highest BCUT2D eigenvalue weighted by molar-refractivity contribution is 7.80. The van der Waals surface area contributed by atoms with Gasteiger partial charge in [-0.05, 0) is 61.1 Å². The van der Waals surface area contributed by atoms with E-state index in [0.717, 1.165) is 22.7 Å². The number of nitrogens with one attached hydrogen (secondary N) is 2. The largest absolute Gasteiger partial charge is 0.497 e. The minimum Gasteiger partial charge on any atom is -0.497 e. The standard InChI is InChI=1S/C20H21N5O2S/c1-14-18(19(26)25(24(14)2)16-7-5-4-6-8-16)22-20(28)23-21-13-15-9-11-17(27-3)12-10-15/h4-13H,1-3H3,(H2,22,23,28)/b21-13+. The SMILES string of the molecule is COc1ccc(/C=N/NC(=S)Nc2c(C)n(C)n(-c3ccccc3)c2=O)cc1. The van der Waals surface area contributed by atoms with Crippen LogP contribution in [0.25, 0.3) is 5.69 Å². The van der Waals surface area contributed by atoms with E-state index in [-0.39, 0.29) is 10.7 Å². The maximum atomic E-state index is 12.8. The zero-order chi connectivity index (χ0) is 20.1. The number of rotatable bonds is 5. The molecule has 2 aromatic carbocycles. The second kappa shape index (κ2) is 8.53. The first-order valence-electron chi connectivity index (χ1n) is 8.59. The van der Waals surface area contributed by atoms with Crippen LogP contribution >= 0.6 is 12.2 Å². The van der Waals surface area contributed by atoms with E-state index < -0.39 is 0 Å². The third kappa shape index (κ3) is 4.12. The van der Waals surface area contributed by atoms with E-state index >= 15 is 0 Å². The maximum Gasteiger partial charge on any atom is 0.295 e. The molecule has 0 aliphatic carbocycles. The van der Waals surface area contributed by atoms with E-state index in [1.807, 2.05) is 68.6 Å². The van der Waals surface area contributed by atoms with Gasteiger partial charge in [0, 0.05) is 7.05 Å². The van der Waals surface area contributed by atoms with Crippen molar-refractivity contribution in [3.63, 3.8) is 0 Å². The van der Waals surface area contributed by atoms with Gasteiger partial charge < -0.3 is 10.1 Å². The van der Waals surface area contributed by atoms with Gasteiger partial charge in [0.1, 0.15) is 11.4 Å². The molecule has 144 valence electrons. The van der Waals surface area contributed by atoms with Crippen molar-refractivity contribution in [1.29, 1.82) is 0 Å². The number of benzene rings is 2. The van der Waals surface area contributed by atoms with Crippen molar-refractivity contribution in [3.8, 4) is 11.4 Å². The van der Waals surface area contributed by atoms with E-state index in [2.05, 4.69) is 15.8 Å². The second-order valence-corrected chi connectivity index (χ2v) is 6.44. The average molecular weight is 395 g/mol. The Labute approximate surface area is 168 Å². The fourth-order valence-corrected chi connectivity index (χ4v) is 2.86. The van der Waals surface area contributed by atoms with Crippen molar-refractivity contribution >= 4 is 29.2 Å². The molecule has 0 spiro atoms. The molecular weight excluding hydrogens is 374 g/mol. The highest BCUT2D eigenvalue weighted by atomic mass is 32.1. The van der Waals surface area contributed by atoms with Gasteiger partial charge in [-0.25, -0.2) is 4.68 Å². The number of aromatic nitrogens is 2. The first kappa shape index (κ1) is 19.4. The minimum atomic E-state index is -0.186. The smallest absolute Gasteiger partial charge is 0.295 e. The Bertz CT molecular complexity index is 1050. The molecule has 0 fully saturated rings. The molecule has 1 heterocycles. The lowest BCUT2D eigenvalue weighted by Gasteiger charge is -2.07. The number of para-hydroxylation sites is 1. The van der Waals surface area contributed by atoms with Gasteiger partial charge in [0.15, 0.2) is 5.11 Å². The number of nitrogens with zero attached hydrogens (tertiary/aromatic N) is 3. The van der Waals surface area contributed by atoms with Crippen LogP contribution in [0.1, 0.15) is 11.3 Å². The lowest BCUT2D eigenvalue weighted by molar-refractivity contribution is 0.415. The summed E-state index contributed by atoms with van der Waals surface area (Å²) in [6.45, 7) is 1.85. The number of anilines is 1. The summed E-state index contributed by atoms with van der Waals surface area (Å²) in [5, 5.41) is 7.28. The van der Waals surface area contributed by atoms with E-state index in [1.54, 1.807) is 22.7 Å². The van der Waals surface area contributed by atoms with Crippen molar-refractivity contribution in [2.75, 3.05) is 12.4 Å². The molecular formula is C20H21N5O2S. The van der Waals surface area contributed by atoms with Crippen LogP contribution in [0, 0.1) is 6.92 Å². The number of ether oxygens (including phenoxy) is 1. The lowest BCUT2D eigenvalue weighted by atomic mass is 10.2. The maximum absolute atomic E-state index is 12.8. The van der Waals surface area contributed by atoms with Crippen molar-refractivity contribution < 1.29 is 4.74 Å². The van der Waals surface area contributed by atoms with Gasteiger partial charge in [0.05, 0.1) is 24.7 Å². The second-order valence-electron chi connectivity index (χ2n) is 6.03. The summed E-state index contributed by atoms with van der Waals surface area (Å²) in [7, 11) is 3.44. The van der Waals surface area contributed by atoms with Crippen LogP contribution in [-0.2, 0) is 7.05 Å². The topological polar surface area (TPSA) is 72.6 Å². The van der Waals surface area contributed by atoms with Crippen LogP contribution in [-0.4, -0.2) is 27.8 Å². The molecule has 3 aromatic rings. The molecule has 28 heavy (non-hydrogen) atoms. The number of hydrazone groups is 1. The van der Waals surface area contributed by atoms with Crippen LogP contribution in [0.2, 0.25) is 0 Å². The van der Waals surface area contributed by atoms with Crippen LogP contribution in [0.15, 0.2) is 64.5 Å². The summed E-state index contributed by atoms with van der Waals surface area (Å²) < 4.78 is 8.48. The first-order valence-corrected chi connectivity index (χ1v) is 9.00. The monoisotopic (exact) mass is 395 g/mol. The van der Waals surface area contributed by atoms with Crippen LogP contribution in [0.3, 0.4) is 0 Å². The van der Waals surface area contributed by atoms with Crippen molar-refractivity contribution in [1.82, 2.24) is 14.8 Å². The zero-order valence-electron chi connectivity index (χ0n) is 15.8. The van der Waals surface area contributed by atoms with Crippen LogP contribution < -0.4 is 21.0 Å². The Balaban J connectivity index is 1.72. The molecule has 1 aromatic heterocycles. The van der Waals surface area contributed by atoms with Gasteiger partial charge >= 0.3 is 0 Å². The van der Waals surface area contributed by atoms with E-state index in [1.165, 1.54) is 0 Å². The summed E-state index contributed by atoms with van der Waals surface area (Å²) >= 11 is 5.27. The van der Waals surface area contributed by atoms with Gasteiger partial charge in [-0.15, -0.1) is 0 Å². The van der Waals surface area contributed by atoms with Crippen molar-refractivity contribution in [2.45, 2.75) is 6.92 Å². The van der Waals surface area contributed by atoms with E-state index in [0.29, 0.717) is 5.69 Å². The molecule has 0 radical (unpaired) electrons. The van der Waals surface area contributed by atoms with Gasteiger partial charge in [-0.3, -0.25) is 14.9 Å². The molecule has 0 amide bonds. The van der Waals surface area contributed by atoms with Gasteiger partial charge in [0.2, 0.25) is 0 Å². The molecule has 0 atom stereocenters. The molecule has 8 heteroatoms. The molecule has 3 rings (SSSR count). The average Bonchev–Trinajstić information content (AvgIpc) is 2.92. The summed E-state index contributed by atoms with van der Waals surface area (Å²) in [5.41, 5.74) is 5.38. The molecule has 0 saturated heterocycles. The quantitative estimate of drug-likeness (QED) is 0.395. The van der Waals surface area contributed by atoms with E-state index in [4.69, 9.17) is 17.0 Å². The van der Waals surface area contributed by atoms with Gasteiger partial charge in [-0.1, -0.05) is 18.2 Å². The highest BCUT2D eigenvalue weighted by Crippen LogP contribution is 2.14. The normalized spacial score (nSPS) is 10.8. The van der Waals surface area contributed by atoms with E-state index in [9.17, 15) is 4.79 Å². The molecule has 0 unspecified atom stereocenters. The molecule has 0 saturated carbocycles. The predicted octanol–water partition coefficient (Wildman–Crippen LogP) is 2.81. The summed E-state index contributed by atoms with van der Waals surface area (Å²) in [6.07, 6.45) is 1.63. The fourth-order valence-electron chi connectivity index (χ4n) is 2.71. The van der Waals surface area contributed by atoms with Crippen molar-refractivity contribution in [3.05, 3.63) is 76.2 Å². The number of hydrogen-bond acceptors (Lipinski definition) is 4. The Kier molecular flexibility index (Phi) is 5.90. The predicted molar refractivity (Wildman–Crippen MR) is 116 cm³/mol. The molecule has 0 aliphatic heterocycles. The summed E-state index contributed by atoms with van der Waals surface area (Å²) in [4.78, 5) is 12.8. The zero-order valence-corrected chi connectivity index (χ0v) is 16.7. The number of hydrogen-bond donors (Lipinski definition) is 2. The highest BCUT2D eigenvalue weighted by Gasteiger charge is 2.16. The third-order valence-corrected chi connectivity index (χ3v) is 4.48. The fraction of sp³-hybridized carbons (Fsp3) is 0.150. The molecule has 0 bridgehead atoms. The number of thiocarbonyl (C=S) groups is 1. The van der Waals surface area contributed by atoms with Crippen LogP contribution in [0.5, 0.6) is 5.75 Å². The minimum absolute atomic E-state index is 0.186. The lowest BCUT2D eigenvalue weighted by Crippen LogP contribution is -2.28. The Hall–Kier alpha value is -3.39. The third-order valence-electron chi connectivity index (χ3n) is 4.29. The van der Waals surface area contributed by atoms with Gasteiger partial charge in [0.25, 0.3) is 5.56 Å². The first-order chi connectivity index (χ1) is 13.5. The number of methoxy groups -OCH3 is 1. The Morgan fingerprint density at radius 3 is 2.46 bits per heavy atom. The summed E-state index contributed by atoms with van der Waals surface area (Å²) in [5.74, 6) is 0.775. The van der Waals surface area contributed by atoms with Crippen LogP contribution in [0.4, 0.5) is 5.69 Å². The van der Waals surface area contributed by atoms with Crippen molar-refractivity contribution in [2.24, 2.45) is 12.1 Å². The van der Waals surface area contributed by atoms with Gasteiger partial charge in [-0.2, -0.15) is 5.10 Å². The summed E-state index contributed by atoms with van der Waals surface area (Å²) in [6, 6.07) is 16.9. The Morgan fingerprint density at radius 1 is 1.14 bits per heavy atom. The molecule has 0 aliphatic rings. The molecule has 7 nitrogen and oxygen atoms in total.